The van der Waals surface area contributed by atoms with Crippen LogP contribution >= 0.6 is 0 Å². The monoisotopic (exact) mass is 239 g/mol. The van der Waals surface area contributed by atoms with Crippen molar-refractivity contribution in [1.82, 2.24) is 0 Å². The Balaban J connectivity index is 2.97. The maximum Gasteiger partial charge on any atom is 0.343 e. The minimum absolute atomic E-state index is 0.148. The Morgan fingerprint density at radius 2 is 2.12 bits per heavy atom. The molecule has 0 radical (unpaired) electrons. The Hall–Kier alpha value is -1.58. The number of hydrogen-bond donors (Lipinski definition) is 1. The van der Waals surface area contributed by atoms with Gasteiger partial charge < -0.3 is 10.5 Å². The van der Waals surface area contributed by atoms with E-state index in [-0.39, 0.29) is 17.9 Å². The second-order valence-corrected chi connectivity index (χ2v) is 3.87. The van der Waals surface area contributed by atoms with Crippen molar-refractivity contribution in [2.45, 2.75) is 33.1 Å². The molecule has 0 saturated heterocycles. The van der Waals surface area contributed by atoms with Crippen molar-refractivity contribution in [2.24, 2.45) is 0 Å². The lowest BCUT2D eigenvalue weighted by molar-refractivity contribution is 0.0522. The predicted octanol–water partition coefficient (Wildman–Crippen LogP) is 2.93. The minimum Gasteiger partial charge on any atom is -0.462 e. The molecule has 0 aromatic heterocycles. The quantitative estimate of drug-likeness (QED) is 0.635. The van der Waals surface area contributed by atoms with Gasteiger partial charge in [-0.25, -0.2) is 9.18 Å². The van der Waals surface area contributed by atoms with Gasteiger partial charge >= 0.3 is 5.97 Å². The molecule has 1 aromatic rings. The standard InChI is InChI=1S/C13H18FNO2/c1-3-5-6-9-7-10(14)12(11(15)8-9)13(16)17-4-2/h7-8H,3-6,15H2,1-2H3. The smallest absolute Gasteiger partial charge is 0.343 e. The zero-order valence-electron chi connectivity index (χ0n) is 10.3. The summed E-state index contributed by atoms with van der Waals surface area (Å²) in [4.78, 5) is 11.5. The van der Waals surface area contributed by atoms with E-state index in [0.29, 0.717) is 0 Å². The first-order valence-corrected chi connectivity index (χ1v) is 5.85. The summed E-state index contributed by atoms with van der Waals surface area (Å²) in [5, 5.41) is 0. The molecule has 0 unspecified atom stereocenters. The Morgan fingerprint density at radius 3 is 2.65 bits per heavy atom. The fourth-order valence-corrected chi connectivity index (χ4v) is 1.63. The highest BCUT2D eigenvalue weighted by atomic mass is 19.1. The third-order valence-corrected chi connectivity index (χ3v) is 2.48. The summed E-state index contributed by atoms with van der Waals surface area (Å²) in [7, 11) is 0. The van der Waals surface area contributed by atoms with Gasteiger partial charge in [-0.15, -0.1) is 0 Å². The van der Waals surface area contributed by atoms with Gasteiger partial charge in [-0.2, -0.15) is 0 Å². The fourth-order valence-electron chi connectivity index (χ4n) is 1.63. The molecule has 0 fully saturated rings. The molecule has 0 amide bonds. The lowest BCUT2D eigenvalue weighted by atomic mass is 10.0. The van der Waals surface area contributed by atoms with Crippen LogP contribution in [0, 0.1) is 5.82 Å². The SMILES string of the molecule is CCCCc1cc(N)c(C(=O)OCC)c(F)c1. The number of esters is 1. The molecule has 3 nitrogen and oxygen atoms in total. The highest BCUT2D eigenvalue weighted by Gasteiger charge is 2.17. The number of anilines is 1. The van der Waals surface area contributed by atoms with Gasteiger partial charge in [-0.3, -0.25) is 0 Å². The van der Waals surface area contributed by atoms with Crippen LogP contribution in [0.5, 0.6) is 0 Å². The van der Waals surface area contributed by atoms with Crippen LogP contribution in [-0.4, -0.2) is 12.6 Å². The van der Waals surface area contributed by atoms with Crippen LogP contribution in [0.15, 0.2) is 12.1 Å². The van der Waals surface area contributed by atoms with Crippen molar-refractivity contribution in [1.29, 1.82) is 0 Å². The molecular weight excluding hydrogens is 221 g/mol. The number of unbranched alkanes of at least 4 members (excludes halogenated alkanes) is 1. The average Bonchev–Trinajstić information content (AvgIpc) is 2.25. The molecule has 0 aliphatic rings. The first-order chi connectivity index (χ1) is 8.10. The average molecular weight is 239 g/mol. The molecule has 17 heavy (non-hydrogen) atoms. The summed E-state index contributed by atoms with van der Waals surface area (Å²) < 4.78 is 18.5. The number of nitrogen functional groups attached to an aromatic ring is 1. The van der Waals surface area contributed by atoms with E-state index in [4.69, 9.17) is 10.5 Å². The summed E-state index contributed by atoms with van der Waals surface area (Å²) in [5.41, 5.74) is 6.49. The van der Waals surface area contributed by atoms with Crippen LogP contribution < -0.4 is 5.73 Å². The molecule has 0 aliphatic carbocycles. The molecular formula is C13H18FNO2. The summed E-state index contributed by atoms with van der Waals surface area (Å²) in [6.07, 6.45) is 2.76. The number of halogens is 1. The highest BCUT2D eigenvalue weighted by Crippen LogP contribution is 2.21. The molecule has 0 aliphatic heterocycles. The summed E-state index contributed by atoms with van der Waals surface area (Å²) in [6, 6.07) is 3.00. The second-order valence-electron chi connectivity index (χ2n) is 3.87. The first-order valence-electron chi connectivity index (χ1n) is 5.85. The first kappa shape index (κ1) is 13.5. The van der Waals surface area contributed by atoms with Crippen molar-refractivity contribution in [3.8, 4) is 0 Å². The zero-order chi connectivity index (χ0) is 12.8. The largest absolute Gasteiger partial charge is 0.462 e. The van der Waals surface area contributed by atoms with Crippen LogP contribution in [0.2, 0.25) is 0 Å². The third-order valence-electron chi connectivity index (χ3n) is 2.48. The maximum atomic E-state index is 13.7. The second kappa shape index (κ2) is 6.23. The van der Waals surface area contributed by atoms with Crippen molar-refractivity contribution >= 4 is 11.7 Å². The van der Waals surface area contributed by atoms with Crippen LogP contribution in [0.4, 0.5) is 10.1 Å². The third kappa shape index (κ3) is 3.44. The molecule has 0 atom stereocenters. The van der Waals surface area contributed by atoms with Crippen molar-refractivity contribution in [3.05, 3.63) is 29.1 Å². The number of nitrogens with two attached hydrogens (primary N) is 1. The molecule has 4 heteroatoms. The molecule has 1 aromatic carbocycles. The highest BCUT2D eigenvalue weighted by molar-refractivity contribution is 5.95. The van der Waals surface area contributed by atoms with Crippen molar-refractivity contribution in [2.75, 3.05) is 12.3 Å². The number of aryl methyl sites for hydroxylation is 1. The number of hydrogen-bond acceptors (Lipinski definition) is 3. The molecule has 2 N–H and O–H groups in total. The molecule has 94 valence electrons. The Bertz CT molecular complexity index is 381. The van der Waals surface area contributed by atoms with Crippen LogP contribution in [0.3, 0.4) is 0 Å². The number of benzene rings is 1. The maximum absolute atomic E-state index is 13.7. The van der Waals surface area contributed by atoms with E-state index in [1.54, 1.807) is 13.0 Å². The van der Waals surface area contributed by atoms with Crippen LogP contribution in [0.25, 0.3) is 0 Å². The summed E-state index contributed by atoms with van der Waals surface area (Å²) in [5.74, 6) is -1.31. The van der Waals surface area contributed by atoms with Gasteiger partial charge in [0.25, 0.3) is 0 Å². The van der Waals surface area contributed by atoms with E-state index < -0.39 is 11.8 Å². The molecule has 0 saturated carbocycles. The van der Waals surface area contributed by atoms with Gasteiger partial charge in [0.15, 0.2) is 0 Å². The minimum atomic E-state index is -0.704. The van der Waals surface area contributed by atoms with E-state index in [1.165, 1.54) is 6.07 Å². The molecule has 0 heterocycles. The van der Waals surface area contributed by atoms with E-state index in [2.05, 4.69) is 6.92 Å². The zero-order valence-corrected chi connectivity index (χ0v) is 10.3. The topological polar surface area (TPSA) is 52.3 Å². The lowest BCUT2D eigenvalue weighted by Gasteiger charge is -2.09. The van der Waals surface area contributed by atoms with Crippen LogP contribution in [-0.2, 0) is 11.2 Å². The van der Waals surface area contributed by atoms with E-state index in [9.17, 15) is 9.18 Å². The summed E-state index contributed by atoms with van der Waals surface area (Å²) >= 11 is 0. The number of rotatable bonds is 5. The van der Waals surface area contributed by atoms with Crippen molar-refractivity contribution < 1.29 is 13.9 Å². The van der Waals surface area contributed by atoms with E-state index in [1.807, 2.05) is 0 Å². The Morgan fingerprint density at radius 1 is 1.41 bits per heavy atom. The molecule has 0 spiro atoms. The predicted molar refractivity (Wildman–Crippen MR) is 65.4 cm³/mol. The number of carbonyl (C=O) groups excluding carboxylic acids is 1. The van der Waals surface area contributed by atoms with Gasteiger partial charge in [0.2, 0.25) is 0 Å². The van der Waals surface area contributed by atoms with Gasteiger partial charge in [-0.05, 0) is 37.5 Å². The molecule has 1 rings (SSSR count). The number of carbonyl (C=O) groups is 1. The fraction of sp³-hybridized carbons (Fsp3) is 0.462. The van der Waals surface area contributed by atoms with Crippen molar-refractivity contribution in [3.63, 3.8) is 0 Å². The molecule has 0 bridgehead atoms. The number of ether oxygens (including phenoxy) is 1. The van der Waals surface area contributed by atoms with Gasteiger partial charge in [-0.1, -0.05) is 13.3 Å². The van der Waals surface area contributed by atoms with E-state index in [0.717, 1.165) is 24.8 Å². The van der Waals surface area contributed by atoms with Gasteiger partial charge in [0.1, 0.15) is 11.4 Å². The van der Waals surface area contributed by atoms with Gasteiger partial charge in [0, 0.05) is 5.69 Å². The Labute approximate surface area is 101 Å². The normalized spacial score (nSPS) is 10.3. The summed E-state index contributed by atoms with van der Waals surface area (Å²) in [6.45, 7) is 3.93. The van der Waals surface area contributed by atoms with Crippen LogP contribution in [0.1, 0.15) is 42.6 Å². The van der Waals surface area contributed by atoms with Gasteiger partial charge in [0.05, 0.1) is 6.61 Å². The Kier molecular flexibility index (Phi) is 4.94. The lowest BCUT2D eigenvalue weighted by Crippen LogP contribution is -2.11. The van der Waals surface area contributed by atoms with E-state index >= 15 is 0 Å².